The molecule has 3 rings (SSSR count). The molecule has 152 valence electrons. The molecule has 0 radical (unpaired) electrons. The number of rotatable bonds is 4. The molecule has 12 heteroatoms. The lowest BCUT2D eigenvalue weighted by Crippen LogP contribution is -2.01. The van der Waals surface area contributed by atoms with E-state index in [4.69, 9.17) is 0 Å². The highest BCUT2D eigenvalue weighted by molar-refractivity contribution is 7.86. The van der Waals surface area contributed by atoms with Gasteiger partial charge in [-0.2, -0.15) is 16.8 Å². The van der Waals surface area contributed by atoms with Gasteiger partial charge in [-0.25, -0.2) is 0 Å². The number of aromatic hydroxyl groups is 2. The van der Waals surface area contributed by atoms with Gasteiger partial charge in [-0.15, -0.1) is 10.2 Å². The molecule has 0 fully saturated rings. The lowest BCUT2D eigenvalue weighted by atomic mass is 10.0. The van der Waals surface area contributed by atoms with E-state index in [1.807, 2.05) is 0 Å². The van der Waals surface area contributed by atoms with Gasteiger partial charge < -0.3 is 10.2 Å². The number of phenols is 2. The number of phenolic OH excluding ortho intramolecular Hbond substituents is 2. The summed E-state index contributed by atoms with van der Waals surface area (Å²) in [4.78, 5) is -1.03. The normalized spacial score (nSPS) is 12.7. The third-order valence-corrected chi connectivity index (χ3v) is 5.66. The zero-order valence-electron chi connectivity index (χ0n) is 14.7. The first-order valence-corrected chi connectivity index (χ1v) is 10.7. The Morgan fingerprint density at radius 1 is 0.759 bits per heavy atom. The van der Waals surface area contributed by atoms with Crippen LogP contribution in [0.5, 0.6) is 11.5 Å². The van der Waals surface area contributed by atoms with Crippen molar-refractivity contribution in [3.05, 3.63) is 48.0 Å². The van der Waals surface area contributed by atoms with Gasteiger partial charge in [0.15, 0.2) is 0 Å². The molecular formula is C17H14N2O8S2. The fourth-order valence-electron chi connectivity index (χ4n) is 2.73. The van der Waals surface area contributed by atoms with Gasteiger partial charge in [0.05, 0.1) is 15.5 Å². The SMILES string of the molecule is Cc1cc(S(=O)(=O)O)cc2cc(S(=O)(=O)O)cc(/N=N/c3ccc(O)cc3O)c12. The van der Waals surface area contributed by atoms with E-state index in [0.717, 1.165) is 24.3 Å². The Morgan fingerprint density at radius 2 is 1.31 bits per heavy atom. The predicted octanol–water partition coefficient (Wildman–Crippen LogP) is 3.47. The summed E-state index contributed by atoms with van der Waals surface area (Å²) < 4.78 is 64.8. The maximum atomic E-state index is 11.6. The lowest BCUT2D eigenvalue weighted by molar-refractivity contribution is 0.451. The highest BCUT2D eigenvalue weighted by atomic mass is 32.2. The Bertz CT molecular complexity index is 1380. The summed E-state index contributed by atoms with van der Waals surface area (Å²) in [6.45, 7) is 1.52. The van der Waals surface area contributed by atoms with Gasteiger partial charge in [0.25, 0.3) is 20.2 Å². The van der Waals surface area contributed by atoms with Crippen molar-refractivity contribution in [2.75, 3.05) is 0 Å². The molecule has 0 aromatic heterocycles. The Balaban J connectivity index is 2.31. The van der Waals surface area contributed by atoms with Gasteiger partial charge in [-0.05, 0) is 54.3 Å². The van der Waals surface area contributed by atoms with Crippen molar-refractivity contribution in [3.63, 3.8) is 0 Å². The largest absolute Gasteiger partial charge is 0.508 e. The van der Waals surface area contributed by atoms with Crippen molar-refractivity contribution in [1.82, 2.24) is 0 Å². The van der Waals surface area contributed by atoms with Crippen LogP contribution in [0.15, 0.2) is 62.5 Å². The third-order valence-electron chi connectivity index (χ3n) is 3.99. The van der Waals surface area contributed by atoms with E-state index in [-0.39, 0.29) is 28.3 Å². The maximum absolute atomic E-state index is 11.6. The molecule has 0 heterocycles. The molecular weight excluding hydrogens is 424 g/mol. The summed E-state index contributed by atoms with van der Waals surface area (Å²) in [5.74, 6) is -0.580. The smallest absolute Gasteiger partial charge is 0.294 e. The Labute approximate surface area is 165 Å². The Morgan fingerprint density at radius 3 is 1.86 bits per heavy atom. The molecule has 3 aromatic carbocycles. The fraction of sp³-hybridized carbons (Fsp3) is 0.0588. The summed E-state index contributed by atoms with van der Waals surface area (Å²) in [6.07, 6.45) is 0. The molecule has 3 aromatic rings. The highest BCUT2D eigenvalue weighted by Crippen LogP contribution is 2.37. The number of hydrogen-bond acceptors (Lipinski definition) is 8. The first kappa shape index (κ1) is 20.7. The van der Waals surface area contributed by atoms with Gasteiger partial charge in [0.1, 0.15) is 17.2 Å². The van der Waals surface area contributed by atoms with Gasteiger partial charge in [-0.1, -0.05) is 0 Å². The molecule has 0 bridgehead atoms. The van der Waals surface area contributed by atoms with Crippen LogP contribution in [0.4, 0.5) is 11.4 Å². The summed E-state index contributed by atoms with van der Waals surface area (Å²) in [7, 11) is -9.24. The van der Waals surface area contributed by atoms with E-state index in [2.05, 4.69) is 10.2 Å². The van der Waals surface area contributed by atoms with Gasteiger partial charge in [0.2, 0.25) is 0 Å². The Hall–Kier alpha value is -3.06. The standard InChI is InChI=1S/C17H14N2O8S2/c1-9-4-12(28(22,23)24)5-10-6-13(29(25,26)27)8-15(17(9)10)19-18-14-3-2-11(20)7-16(14)21/h2-8,20-21H,1H3,(H,22,23,24)(H,25,26,27)/b19-18+. The summed E-state index contributed by atoms with van der Waals surface area (Å²) >= 11 is 0. The van der Waals surface area contributed by atoms with Crippen molar-refractivity contribution >= 4 is 42.4 Å². The number of fused-ring (bicyclic) bond motifs is 1. The van der Waals surface area contributed by atoms with E-state index >= 15 is 0 Å². The molecule has 0 amide bonds. The third kappa shape index (κ3) is 4.35. The molecule has 29 heavy (non-hydrogen) atoms. The minimum atomic E-state index is -4.67. The molecule has 0 aliphatic rings. The van der Waals surface area contributed by atoms with E-state index in [1.54, 1.807) is 0 Å². The van der Waals surface area contributed by atoms with Crippen LogP contribution in [-0.2, 0) is 20.2 Å². The quantitative estimate of drug-likeness (QED) is 0.354. The predicted molar refractivity (Wildman–Crippen MR) is 102 cm³/mol. The molecule has 0 unspecified atom stereocenters. The van der Waals surface area contributed by atoms with Gasteiger partial charge in [-0.3, -0.25) is 9.11 Å². The molecule has 4 N–H and O–H groups in total. The lowest BCUT2D eigenvalue weighted by Gasteiger charge is -2.10. The average molecular weight is 438 g/mol. The molecule has 0 atom stereocenters. The first-order valence-electron chi connectivity index (χ1n) is 7.83. The summed E-state index contributed by atoms with van der Waals surface area (Å²) in [6, 6.07) is 7.81. The molecule has 0 spiro atoms. The van der Waals surface area contributed by atoms with Crippen LogP contribution in [0.3, 0.4) is 0 Å². The molecule has 0 aliphatic carbocycles. The van der Waals surface area contributed by atoms with E-state index < -0.39 is 30.0 Å². The van der Waals surface area contributed by atoms with Crippen molar-refractivity contribution in [2.45, 2.75) is 16.7 Å². The van der Waals surface area contributed by atoms with Gasteiger partial charge >= 0.3 is 0 Å². The second-order valence-corrected chi connectivity index (χ2v) is 8.95. The average Bonchev–Trinajstić information content (AvgIpc) is 2.58. The molecule has 0 saturated carbocycles. The molecule has 10 nitrogen and oxygen atoms in total. The van der Waals surface area contributed by atoms with Crippen molar-refractivity contribution in [1.29, 1.82) is 0 Å². The van der Waals surface area contributed by atoms with E-state index in [1.165, 1.54) is 25.1 Å². The maximum Gasteiger partial charge on any atom is 0.294 e. The topological polar surface area (TPSA) is 174 Å². The van der Waals surface area contributed by atoms with Crippen molar-refractivity contribution in [3.8, 4) is 11.5 Å². The van der Waals surface area contributed by atoms with Crippen molar-refractivity contribution < 1.29 is 36.2 Å². The number of hydrogen-bond donors (Lipinski definition) is 4. The second kappa shape index (κ2) is 7.08. The van der Waals surface area contributed by atoms with Crippen LogP contribution >= 0.6 is 0 Å². The van der Waals surface area contributed by atoms with Crippen LogP contribution in [0.25, 0.3) is 10.8 Å². The second-order valence-electron chi connectivity index (χ2n) is 6.10. The minimum absolute atomic E-state index is 0.0274. The first-order chi connectivity index (χ1) is 13.4. The number of benzene rings is 3. The number of aryl methyl sites for hydroxylation is 1. The zero-order chi connectivity index (χ0) is 21.6. The molecule has 0 aliphatic heterocycles. The molecule has 0 saturated heterocycles. The Kier molecular flexibility index (Phi) is 5.04. The number of nitrogens with zero attached hydrogens (tertiary/aromatic N) is 2. The minimum Gasteiger partial charge on any atom is -0.508 e. The van der Waals surface area contributed by atoms with Gasteiger partial charge in [0, 0.05) is 11.5 Å². The van der Waals surface area contributed by atoms with Crippen molar-refractivity contribution in [2.24, 2.45) is 10.2 Å². The van der Waals surface area contributed by atoms with Crippen LogP contribution in [0, 0.1) is 6.92 Å². The summed E-state index contributed by atoms with van der Waals surface area (Å²) in [5, 5.41) is 27.2. The fourth-order valence-corrected chi connectivity index (χ4v) is 3.86. The van der Waals surface area contributed by atoms with Crippen LogP contribution < -0.4 is 0 Å². The number of azo groups is 1. The van der Waals surface area contributed by atoms with E-state index in [0.29, 0.717) is 10.9 Å². The van der Waals surface area contributed by atoms with Crippen LogP contribution in [-0.4, -0.2) is 36.2 Å². The van der Waals surface area contributed by atoms with Crippen LogP contribution in [0.1, 0.15) is 5.56 Å². The summed E-state index contributed by atoms with van der Waals surface area (Å²) in [5.41, 5.74) is 0.267. The monoisotopic (exact) mass is 438 g/mol. The zero-order valence-corrected chi connectivity index (χ0v) is 16.3. The van der Waals surface area contributed by atoms with Crippen LogP contribution in [0.2, 0.25) is 0 Å². The highest BCUT2D eigenvalue weighted by Gasteiger charge is 2.18. The van der Waals surface area contributed by atoms with E-state index in [9.17, 15) is 36.2 Å².